The van der Waals surface area contributed by atoms with E-state index in [2.05, 4.69) is 39.5 Å². The summed E-state index contributed by atoms with van der Waals surface area (Å²) >= 11 is 0. The Morgan fingerprint density at radius 1 is 0.586 bits per heavy atom. The SMILES string of the molecule is CCCCCCCCCCN(CCCCCCCCCC)C(=O)CCC(C)(C)C. The Labute approximate surface area is 184 Å². The minimum Gasteiger partial charge on any atom is -0.343 e. The maximum absolute atomic E-state index is 12.8. The molecular weight excluding hydrogens is 354 g/mol. The predicted molar refractivity (Wildman–Crippen MR) is 130 cm³/mol. The van der Waals surface area contributed by atoms with Crippen LogP contribution >= 0.6 is 0 Å². The van der Waals surface area contributed by atoms with Crippen LogP contribution in [0.4, 0.5) is 0 Å². The van der Waals surface area contributed by atoms with Crippen LogP contribution in [0.3, 0.4) is 0 Å². The number of carbonyl (C=O) groups is 1. The van der Waals surface area contributed by atoms with Gasteiger partial charge < -0.3 is 4.90 Å². The van der Waals surface area contributed by atoms with E-state index in [1.54, 1.807) is 0 Å². The van der Waals surface area contributed by atoms with Gasteiger partial charge in [-0.1, -0.05) is 125 Å². The first kappa shape index (κ1) is 28.5. The molecule has 2 nitrogen and oxygen atoms in total. The molecule has 0 atom stereocenters. The monoisotopic (exact) mass is 409 g/mol. The second-order valence-corrected chi connectivity index (χ2v) is 10.4. The predicted octanol–water partition coefficient (Wildman–Crippen LogP) is 8.92. The summed E-state index contributed by atoms with van der Waals surface area (Å²) in [4.78, 5) is 15.0. The molecule has 0 aliphatic heterocycles. The summed E-state index contributed by atoms with van der Waals surface area (Å²) in [6.45, 7) is 13.2. The molecule has 0 aromatic carbocycles. The zero-order chi connectivity index (χ0) is 21.8. The van der Waals surface area contributed by atoms with Crippen molar-refractivity contribution in [2.24, 2.45) is 5.41 Å². The normalized spacial score (nSPS) is 11.8. The summed E-state index contributed by atoms with van der Waals surface area (Å²) in [6, 6.07) is 0. The van der Waals surface area contributed by atoms with Crippen molar-refractivity contribution in [2.75, 3.05) is 13.1 Å². The standard InChI is InChI=1S/C27H55NO/c1-6-8-10-12-14-16-18-20-24-28(26(29)22-23-27(3,4)5)25-21-19-17-15-13-11-9-7-2/h6-25H2,1-5H3. The van der Waals surface area contributed by atoms with Gasteiger partial charge in [-0.2, -0.15) is 0 Å². The van der Waals surface area contributed by atoms with Gasteiger partial charge in [-0.05, 0) is 24.7 Å². The smallest absolute Gasteiger partial charge is 0.222 e. The zero-order valence-corrected chi connectivity index (χ0v) is 21.0. The molecule has 0 saturated heterocycles. The molecule has 174 valence electrons. The lowest BCUT2D eigenvalue weighted by atomic mass is 9.90. The number of carbonyl (C=O) groups excluding carboxylic acids is 1. The van der Waals surface area contributed by atoms with E-state index in [0.717, 1.165) is 25.9 Å². The molecule has 2 heteroatoms. The average Bonchev–Trinajstić information content (AvgIpc) is 2.68. The number of unbranched alkanes of at least 4 members (excludes halogenated alkanes) is 14. The van der Waals surface area contributed by atoms with Crippen molar-refractivity contribution in [3.63, 3.8) is 0 Å². The zero-order valence-electron chi connectivity index (χ0n) is 21.0. The maximum atomic E-state index is 12.8. The van der Waals surface area contributed by atoms with Crippen LogP contribution in [-0.2, 0) is 4.79 Å². The lowest BCUT2D eigenvalue weighted by Crippen LogP contribution is -2.33. The molecule has 0 radical (unpaired) electrons. The first-order chi connectivity index (χ1) is 13.9. The fourth-order valence-electron chi connectivity index (χ4n) is 3.87. The Balaban J connectivity index is 4.07. The molecule has 1 amide bonds. The molecule has 0 aliphatic carbocycles. The highest BCUT2D eigenvalue weighted by atomic mass is 16.2. The van der Waals surface area contributed by atoms with Crippen LogP contribution in [0.2, 0.25) is 0 Å². The van der Waals surface area contributed by atoms with Gasteiger partial charge in [0.25, 0.3) is 0 Å². The molecule has 0 fully saturated rings. The summed E-state index contributed by atoms with van der Waals surface area (Å²) in [5, 5.41) is 0. The van der Waals surface area contributed by atoms with Crippen LogP contribution in [0.5, 0.6) is 0 Å². The molecule has 0 spiro atoms. The third kappa shape index (κ3) is 20.5. The highest BCUT2D eigenvalue weighted by molar-refractivity contribution is 5.76. The summed E-state index contributed by atoms with van der Waals surface area (Å²) in [5.41, 5.74) is 0.248. The van der Waals surface area contributed by atoms with Gasteiger partial charge in [0.15, 0.2) is 0 Å². The highest BCUT2D eigenvalue weighted by Gasteiger charge is 2.17. The van der Waals surface area contributed by atoms with Gasteiger partial charge >= 0.3 is 0 Å². The van der Waals surface area contributed by atoms with Crippen molar-refractivity contribution in [2.45, 2.75) is 150 Å². The van der Waals surface area contributed by atoms with Crippen molar-refractivity contribution >= 4 is 5.91 Å². The van der Waals surface area contributed by atoms with E-state index in [9.17, 15) is 4.79 Å². The highest BCUT2D eigenvalue weighted by Crippen LogP contribution is 2.21. The van der Waals surface area contributed by atoms with Crippen LogP contribution < -0.4 is 0 Å². The van der Waals surface area contributed by atoms with E-state index < -0.39 is 0 Å². The minimum atomic E-state index is 0.248. The fraction of sp³-hybridized carbons (Fsp3) is 0.963. The molecule has 0 bridgehead atoms. The van der Waals surface area contributed by atoms with Gasteiger partial charge in [-0.15, -0.1) is 0 Å². The van der Waals surface area contributed by atoms with E-state index in [1.165, 1.54) is 103 Å². The van der Waals surface area contributed by atoms with Crippen molar-refractivity contribution < 1.29 is 4.79 Å². The summed E-state index contributed by atoms with van der Waals surface area (Å²) < 4.78 is 0. The number of hydrogen-bond donors (Lipinski definition) is 0. The van der Waals surface area contributed by atoms with Gasteiger partial charge in [0.2, 0.25) is 5.91 Å². The van der Waals surface area contributed by atoms with E-state index in [4.69, 9.17) is 0 Å². The fourth-order valence-corrected chi connectivity index (χ4v) is 3.87. The number of amides is 1. The molecule has 0 rings (SSSR count). The number of rotatable bonds is 20. The van der Waals surface area contributed by atoms with Gasteiger partial charge in [0, 0.05) is 19.5 Å². The largest absolute Gasteiger partial charge is 0.343 e. The van der Waals surface area contributed by atoms with Crippen molar-refractivity contribution in [1.29, 1.82) is 0 Å². The van der Waals surface area contributed by atoms with Gasteiger partial charge in [-0.25, -0.2) is 0 Å². The van der Waals surface area contributed by atoms with Crippen LogP contribution in [0.1, 0.15) is 150 Å². The summed E-state index contributed by atoms with van der Waals surface area (Å²) in [5.74, 6) is 0.394. The summed E-state index contributed by atoms with van der Waals surface area (Å²) in [6.07, 6.45) is 23.1. The molecule has 0 aliphatic rings. The van der Waals surface area contributed by atoms with Gasteiger partial charge in [-0.3, -0.25) is 4.79 Å². The van der Waals surface area contributed by atoms with E-state index in [-0.39, 0.29) is 5.41 Å². The van der Waals surface area contributed by atoms with Gasteiger partial charge in [0.05, 0.1) is 0 Å². The van der Waals surface area contributed by atoms with Crippen molar-refractivity contribution in [3.8, 4) is 0 Å². The minimum absolute atomic E-state index is 0.248. The van der Waals surface area contributed by atoms with Crippen LogP contribution in [0, 0.1) is 5.41 Å². The molecule has 0 N–H and O–H groups in total. The Kier molecular flexibility index (Phi) is 19.1. The Hall–Kier alpha value is -0.530. The first-order valence-electron chi connectivity index (χ1n) is 13.2. The molecule has 29 heavy (non-hydrogen) atoms. The van der Waals surface area contributed by atoms with E-state index in [0.29, 0.717) is 5.91 Å². The summed E-state index contributed by atoms with van der Waals surface area (Å²) in [7, 11) is 0. The Morgan fingerprint density at radius 2 is 0.931 bits per heavy atom. The molecule has 0 heterocycles. The topological polar surface area (TPSA) is 20.3 Å². The molecular formula is C27H55NO. The maximum Gasteiger partial charge on any atom is 0.222 e. The quantitative estimate of drug-likeness (QED) is 0.184. The average molecular weight is 410 g/mol. The van der Waals surface area contributed by atoms with Crippen LogP contribution in [-0.4, -0.2) is 23.9 Å². The Morgan fingerprint density at radius 3 is 1.28 bits per heavy atom. The first-order valence-corrected chi connectivity index (χ1v) is 13.2. The number of nitrogens with zero attached hydrogens (tertiary/aromatic N) is 1. The molecule has 0 aromatic heterocycles. The second kappa shape index (κ2) is 19.4. The molecule has 0 saturated carbocycles. The van der Waals surface area contributed by atoms with Crippen LogP contribution in [0.25, 0.3) is 0 Å². The second-order valence-electron chi connectivity index (χ2n) is 10.4. The molecule has 0 aromatic rings. The van der Waals surface area contributed by atoms with Crippen molar-refractivity contribution in [3.05, 3.63) is 0 Å². The lowest BCUT2D eigenvalue weighted by molar-refractivity contribution is -0.132. The number of hydrogen-bond acceptors (Lipinski definition) is 1. The molecule has 0 unspecified atom stereocenters. The van der Waals surface area contributed by atoms with Crippen LogP contribution in [0.15, 0.2) is 0 Å². The lowest BCUT2D eigenvalue weighted by Gasteiger charge is -2.25. The van der Waals surface area contributed by atoms with E-state index >= 15 is 0 Å². The Bertz CT molecular complexity index is 338. The van der Waals surface area contributed by atoms with Crippen molar-refractivity contribution in [1.82, 2.24) is 4.90 Å². The van der Waals surface area contributed by atoms with Gasteiger partial charge in [0.1, 0.15) is 0 Å². The third-order valence-electron chi connectivity index (χ3n) is 6.00. The third-order valence-corrected chi connectivity index (χ3v) is 6.00. The van der Waals surface area contributed by atoms with E-state index in [1.807, 2.05) is 0 Å².